The maximum atomic E-state index is 7.83. The summed E-state index contributed by atoms with van der Waals surface area (Å²) < 4.78 is 0. The van der Waals surface area contributed by atoms with Gasteiger partial charge in [-0.3, -0.25) is 0 Å². The summed E-state index contributed by atoms with van der Waals surface area (Å²) in [6.07, 6.45) is 0. The Balaban J connectivity index is 0. The van der Waals surface area contributed by atoms with Gasteiger partial charge in [0, 0.05) is 11.9 Å². The van der Waals surface area contributed by atoms with E-state index in [0.717, 1.165) is 0 Å². The fourth-order valence-electron chi connectivity index (χ4n) is 0. The molecule has 2 nitrogen and oxygen atoms in total. The molecule has 0 aromatic rings. The molecular formula is C4H11BrO2. The van der Waals surface area contributed by atoms with Crippen molar-refractivity contribution in [2.24, 2.45) is 0 Å². The number of halogens is 1. The normalized spacial score (nSPS) is 6.86. The molecule has 0 aliphatic heterocycles. The van der Waals surface area contributed by atoms with Crippen LogP contribution in [0.2, 0.25) is 0 Å². The maximum absolute atomic E-state index is 7.83. The number of aliphatic hydroxyl groups is 2. The van der Waals surface area contributed by atoms with Gasteiger partial charge in [-0.25, -0.2) is 0 Å². The third-order valence-corrected chi connectivity index (χ3v) is 0.439. The zero-order chi connectivity index (χ0) is 6.12. The van der Waals surface area contributed by atoms with E-state index >= 15 is 0 Å². The van der Waals surface area contributed by atoms with Crippen molar-refractivity contribution in [1.29, 1.82) is 0 Å². The molecule has 0 unspecified atom stereocenters. The van der Waals surface area contributed by atoms with Crippen LogP contribution < -0.4 is 0 Å². The van der Waals surface area contributed by atoms with Gasteiger partial charge in [-0.15, -0.1) is 0 Å². The highest BCUT2D eigenvalue weighted by Crippen LogP contribution is 1.69. The van der Waals surface area contributed by atoms with E-state index in [1.807, 2.05) is 0 Å². The van der Waals surface area contributed by atoms with Gasteiger partial charge in [0.25, 0.3) is 0 Å². The van der Waals surface area contributed by atoms with Gasteiger partial charge in [0.1, 0.15) is 0 Å². The smallest absolute Gasteiger partial charge is 0.0528 e. The molecule has 0 bridgehead atoms. The van der Waals surface area contributed by atoms with Crippen molar-refractivity contribution in [2.75, 3.05) is 18.5 Å². The Kier molecular flexibility index (Phi) is 24.0. The summed E-state index contributed by atoms with van der Waals surface area (Å²) in [7, 11) is 0. The summed E-state index contributed by atoms with van der Waals surface area (Å²) in [6.45, 7) is 2.17. The van der Waals surface area contributed by atoms with Crippen molar-refractivity contribution in [1.82, 2.24) is 0 Å². The van der Waals surface area contributed by atoms with E-state index in [1.54, 1.807) is 6.92 Å². The summed E-state index contributed by atoms with van der Waals surface area (Å²) >= 11 is 3.00. The van der Waals surface area contributed by atoms with Crippen LogP contribution in [0.4, 0.5) is 0 Å². The molecule has 0 saturated carbocycles. The monoisotopic (exact) mass is 170 g/mol. The van der Waals surface area contributed by atoms with Crippen LogP contribution in [-0.2, 0) is 0 Å². The van der Waals surface area contributed by atoms with Crippen molar-refractivity contribution in [3.8, 4) is 0 Å². The van der Waals surface area contributed by atoms with Crippen LogP contribution in [-0.4, -0.2) is 28.8 Å². The first-order chi connectivity index (χ1) is 3.33. The first-order valence-electron chi connectivity index (χ1n) is 2.11. The van der Waals surface area contributed by atoms with Crippen LogP contribution in [0.15, 0.2) is 0 Å². The van der Waals surface area contributed by atoms with Crippen LogP contribution >= 0.6 is 15.9 Å². The van der Waals surface area contributed by atoms with Crippen molar-refractivity contribution >= 4 is 15.9 Å². The zero-order valence-electron chi connectivity index (χ0n) is 4.39. The highest BCUT2D eigenvalue weighted by molar-refractivity contribution is 9.09. The Morgan fingerprint density at radius 1 is 1.43 bits per heavy atom. The Hall–Kier alpha value is 0.400. The predicted octanol–water partition coefficient (Wildman–Crippen LogP) is 0.372. The Morgan fingerprint density at radius 3 is 1.57 bits per heavy atom. The number of hydrogen-bond acceptors (Lipinski definition) is 2. The van der Waals surface area contributed by atoms with Crippen molar-refractivity contribution in [2.45, 2.75) is 6.92 Å². The Bertz CT molecular complexity index is 17.2. The van der Waals surface area contributed by atoms with Crippen LogP contribution in [0.3, 0.4) is 0 Å². The predicted molar refractivity (Wildman–Crippen MR) is 33.6 cm³/mol. The van der Waals surface area contributed by atoms with E-state index in [1.165, 1.54) is 0 Å². The second-order valence-corrected chi connectivity index (χ2v) is 1.52. The van der Waals surface area contributed by atoms with Crippen molar-refractivity contribution in [3.63, 3.8) is 0 Å². The number of aliphatic hydroxyl groups excluding tert-OH is 2. The van der Waals surface area contributed by atoms with Gasteiger partial charge in [-0.05, 0) is 6.92 Å². The minimum Gasteiger partial charge on any atom is -0.397 e. The summed E-state index contributed by atoms with van der Waals surface area (Å²) in [5.41, 5.74) is 0. The molecule has 0 spiro atoms. The largest absolute Gasteiger partial charge is 0.397 e. The first-order valence-corrected chi connectivity index (χ1v) is 3.23. The molecule has 3 heteroatoms. The molecular weight excluding hydrogens is 160 g/mol. The third-order valence-electron chi connectivity index (χ3n) is 0.0845. The minimum absolute atomic E-state index is 0.236. The lowest BCUT2D eigenvalue weighted by atomic mass is 10.9. The van der Waals surface area contributed by atoms with E-state index in [4.69, 9.17) is 10.2 Å². The van der Waals surface area contributed by atoms with Crippen LogP contribution in [0.5, 0.6) is 0 Å². The molecule has 0 heterocycles. The molecule has 2 N–H and O–H groups in total. The lowest BCUT2D eigenvalue weighted by Crippen LogP contribution is -1.75. The molecule has 0 aliphatic carbocycles. The summed E-state index contributed by atoms with van der Waals surface area (Å²) in [6, 6.07) is 0. The summed E-state index contributed by atoms with van der Waals surface area (Å²) in [4.78, 5) is 0. The van der Waals surface area contributed by atoms with Gasteiger partial charge in [-0.1, -0.05) is 15.9 Å². The lowest BCUT2D eigenvalue weighted by molar-refractivity contribution is 0.318. The topological polar surface area (TPSA) is 40.5 Å². The molecule has 46 valence electrons. The van der Waals surface area contributed by atoms with E-state index < -0.39 is 0 Å². The molecule has 0 aliphatic rings. The lowest BCUT2D eigenvalue weighted by Gasteiger charge is -1.67. The Morgan fingerprint density at radius 2 is 1.57 bits per heavy atom. The van der Waals surface area contributed by atoms with Gasteiger partial charge in [-0.2, -0.15) is 0 Å². The van der Waals surface area contributed by atoms with Crippen LogP contribution in [0.25, 0.3) is 0 Å². The van der Waals surface area contributed by atoms with Gasteiger partial charge in [0.15, 0.2) is 0 Å². The molecule has 0 fully saturated rings. The second kappa shape index (κ2) is 16.1. The van der Waals surface area contributed by atoms with Gasteiger partial charge in [0.05, 0.1) is 6.61 Å². The number of rotatable bonds is 1. The first kappa shape index (κ1) is 10.4. The second-order valence-electron chi connectivity index (χ2n) is 0.729. The molecule has 0 atom stereocenters. The quantitative estimate of drug-likeness (QED) is 0.559. The van der Waals surface area contributed by atoms with Crippen LogP contribution in [0.1, 0.15) is 6.92 Å². The van der Waals surface area contributed by atoms with E-state index in [9.17, 15) is 0 Å². The average Bonchev–Trinajstić information content (AvgIpc) is 1.69. The number of hydrogen-bond donors (Lipinski definition) is 2. The molecule has 0 saturated heterocycles. The van der Waals surface area contributed by atoms with Crippen molar-refractivity contribution in [3.05, 3.63) is 0 Å². The zero-order valence-corrected chi connectivity index (χ0v) is 5.98. The van der Waals surface area contributed by atoms with Crippen molar-refractivity contribution < 1.29 is 10.2 Å². The maximum Gasteiger partial charge on any atom is 0.0528 e. The highest BCUT2D eigenvalue weighted by atomic mass is 79.9. The summed E-state index contributed by atoms with van der Waals surface area (Å²) in [5, 5.41) is 16.1. The third kappa shape index (κ3) is 63.2. The van der Waals surface area contributed by atoms with E-state index in [0.29, 0.717) is 5.33 Å². The molecule has 7 heavy (non-hydrogen) atoms. The fraction of sp³-hybridized carbons (Fsp3) is 1.00. The minimum atomic E-state index is 0.236. The van der Waals surface area contributed by atoms with E-state index in [2.05, 4.69) is 15.9 Å². The molecule has 0 amide bonds. The molecule has 0 radical (unpaired) electrons. The molecule has 0 aromatic carbocycles. The SMILES string of the molecule is CCO.OCCBr. The number of alkyl halides is 1. The molecule has 0 aromatic heterocycles. The fourth-order valence-corrected chi connectivity index (χ4v) is 0. The van der Waals surface area contributed by atoms with Gasteiger partial charge >= 0.3 is 0 Å². The van der Waals surface area contributed by atoms with Gasteiger partial charge < -0.3 is 10.2 Å². The van der Waals surface area contributed by atoms with E-state index in [-0.39, 0.29) is 13.2 Å². The average molecular weight is 171 g/mol. The summed E-state index contributed by atoms with van der Waals surface area (Å²) in [5.74, 6) is 0. The highest BCUT2D eigenvalue weighted by Gasteiger charge is 1.59. The Labute approximate surface area is 52.3 Å². The standard InChI is InChI=1S/C2H5BrO.C2H6O/c3-1-2-4;1-2-3/h4H,1-2H2;3H,2H2,1H3. The van der Waals surface area contributed by atoms with Gasteiger partial charge in [0.2, 0.25) is 0 Å². The molecule has 0 rings (SSSR count). The van der Waals surface area contributed by atoms with Crippen LogP contribution in [0, 0.1) is 0 Å².